The molecule has 5 rings (SSSR count). The summed E-state index contributed by atoms with van der Waals surface area (Å²) in [5, 5.41) is 3.02. The lowest BCUT2D eigenvalue weighted by atomic mass is 10.0. The van der Waals surface area contributed by atoms with Gasteiger partial charge in [0.25, 0.3) is 0 Å². The number of nitrogens with zero attached hydrogens (tertiary/aromatic N) is 5. The maximum Gasteiger partial charge on any atom is 0.217 e. The minimum Gasteiger partial charge on any atom is -0.356 e. The molecule has 1 amide bonds. The van der Waals surface area contributed by atoms with Gasteiger partial charge in [0.1, 0.15) is 11.6 Å². The summed E-state index contributed by atoms with van der Waals surface area (Å²) in [6.07, 6.45) is 7.38. The second-order valence-corrected chi connectivity index (χ2v) is 8.34. The Bertz CT molecular complexity index is 1240. The summed E-state index contributed by atoms with van der Waals surface area (Å²) < 4.78 is 2.14. The van der Waals surface area contributed by atoms with Crippen LogP contribution in [0.5, 0.6) is 0 Å². The quantitative estimate of drug-likeness (QED) is 0.536. The highest BCUT2D eigenvalue weighted by Crippen LogP contribution is 2.29. The predicted octanol–water partition coefficient (Wildman–Crippen LogP) is 3.90. The Labute approximate surface area is 187 Å². The Morgan fingerprint density at radius 1 is 1.03 bits per heavy atom. The van der Waals surface area contributed by atoms with E-state index in [-0.39, 0.29) is 11.9 Å². The number of anilines is 1. The summed E-state index contributed by atoms with van der Waals surface area (Å²) in [7, 11) is 0. The first kappa shape index (κ1) is 20.2. The molecule has 0 unspecified atom stereocenters. The van der Waals surface area contributed by atoms with E-state index in [9.17, 15) is 4.79 Å². The van der Waals surface area contributed by atoms with E-state index in [1.807, 2.05) is 18.5 Å². The fourth-order valence-corrected chi connectivity index (χ4v) is 4.32. The number of fused-ring (bicyclic) bond motifs is 1. The lowest BCUT2D eigenvalue weighted by molar-refractivity contribution is -0.119. The molecule has 162 valence electrons. The van der Waals surface area contributed by atoms with Gasteiger partial charge in [-0.15, -0.1) is 0 Å². The number of piperidine rings is 1. The van der Waals surface area contributed by atoms with Crippen molar-refractivity contribution in [3.63, 3.8) is 0 Å². The van der Waals surface area contributed by atoms with Gasteiger partial charge in [-0.1, -0.05) is 17.7 Å². The van der Waals surface area contributed by atoms with E-state index < -0.39 is 0 Å². The van der Waals surface area contributed by atoms with Gasteiger partial charge in [0.05, 0.1) is 17.2 Å². The molecule has 0 atom stereocenters. The molecule has 7 heteroatoms. The highest BCUT2D eigenvalue weighted by atomic mass is 16.1. The van der Waals surface area contributed by atoms with Crippen LogP contribution in [0.3, 0.4) is 0 Å². The monoisotopic (exact) mass is 426 g/mol. The van der Waals surface area contributed by atoms with Crippen molar-refractivity contribution >= 4 is 22.8 Å². The van der Waals surface area contributed by atoms with Crippen LogP contribution in [0.2, 0.25) is 0 Å². The number of carbonyl (C=O) groups is 1. The average Bonchev–Trinajstić information content (AvgIpc) is 3.19. The summed E-state index contributed by atoms with van der Waals surface area (Å²) in [6.45, 7) is 5.42. The second kappa shape index (κ2) is 8.42. The molecule has 0 bridgehead atoms. The maximum absolute atomic E-state index is 11.3. The molecule has 1 saturated heterocycles. The summed E-state index contributed by atoms with van der Waals surface area (Å²) in [5.74, 6) is 1.84. The first-order valence-electron chi connectivity index (χ1n) is 11.0. The molecule has 4 aromatic rings. The molecule has 0 spiro atoms. The number of benzene rings is 1. The van der Waals surface area contributed by atoms with Crippen LogP contribution in [-0.2, 0) is 4.79 Å². The van der Waals surface area contributed by atoms with Crippen molar-refractivity contribution in [2.75, 3.05) is 18.0 Å². The van der Waals surface area contributed by atoms with Crippen molar-refractivity contribution < 1.29 is 4.79 Å². The Morgan fingerprint density at radius 3 is 2.50 bits per heavy atom. The number of nitrogens with one attached hydrogen (secondary N) is 1. The maximum atomic E-state index is 11.3. The number of rotatable bonds is 4. The summed E-state index contributed by atoms with van der Waals surface area (Å²) in [5.41, 5.74) is 5.09. The third-order valence-corrected chi connectivity index (χ3v) is 5.98. The SMILES string of the molecule is CC(=O)NC1CCN(c2ccc(-c3nc4ccncc4n3-c3ccc(C)cc3)cn2)CC1. The number of imidazole rings is 1. The molecular weight excluding hydrogens is 400 g/mol. The number of pyridine rings is 2. The van der Waals surface area contributed by atoms with E-state index in [2.05, 4.69) is 63.1 Å². The topological polar surface area (TPSA) is 75.9 Å². The third kappa shape index (κ3) is 3.93. The van der Waals surface area contributed by atoms with Crippen molar-refractivity contribution in [2.24, 2.45) is 0 Å². The van der Waals surface area contributed by atoms with Gasteiger partial charge in [-0.05, 0) is 50.1 Å². The van der Waals surface area contributed by atoms with E-state index in [0.29, 0.717) is 0 Å². The molecule has 0 radical (unpaired) electrons. The highest BCUT2D eigenvalue weighted by molar-refractivity contribution is 5.82. The number of aromatic nitrogens is 4. The highest BCUT2D eigenvalue weighted by Gasteiger charge is 2.21. The van der Waals surface area contributed by atoms with Gasteiger partial charge in [0.15, 0.2) is 0 Å². The van der Waals surface area contributed by atoms with Crippen LogP contribution in [0.1, 0.15) is 25.3 Å². The molecule has 1 N–H and O–H groups in total. The molecule has 32 heavy (non-hydrogen) atoms. The Hall–Kier alpha value is -3.74. The van der Waals surface area contributed by atoms with Gasteiger partial charge in [-0.25, -0.2) is 9.97 Å². The molecule has 1 aromatic carbocycles. The van der Waals surface area contributed by atoms with Crippen LogP contribution in [-0.4, -0.2) is 44.6 Å². The number of aryl methyl sites for hydroxylation is 1. The Kier molecular flexibility index (Phi) is 5.31. The first-order valence-corrected chi connectivity index (χ1v) is 11.0. The van der Waals surface area contributed by atoms with E-state index >= 15 is 0 Å². The van der Waals surface area contributed by atoms with Crippen molar-refractivity contribution in [1.82, 2.24) is 24.8 Å². The van der Waals surface area contributed by atoms with Gasteiger partial charge >= 0.3 is 0 Å². The van der Waals surface area contributed by atoms with E-state index in [1.54, 1.807) is 13.1 Å². The number of amides is 1. The molecular formula is C25H26N6O. The lowest BCUT2D eigenvalue weighted by Crippen LogP contribution is -2.44. The molecule has 7 nitrogen and oxygen atoms in total. The normalized spacial score (nSPS) is 14.6. The molecule has 4 heterocycles. The number of hydrogen-bond acceptors (Lipinski definition) is 5. The predicted molar refractivity (Wildman–Crippen MR) is 126 cm³/mol. The van der Waals surface area contributed by atoms with Crippen molar-refractivity contribution in [3.8, 4) is 17.1 Å². The Morgan fingerprint density at radius 2 is 1.81 bits per heavy atom. The zero-order valence-electron chi connectivity index (χ0n) is 18.3. The van der Waals surface area contributed by atoms with Crippen LogP contribution in [0, 0.1) is 6.92 Å². The smallest absolute Gasteiger partial charge is 0.217 e. The number of hydrogen-bond donors (Lipinski definition) is 1. The molecule has 3 aromatic heterocycles. The Balaban J connectivity index is 1.44. The molecule has 1 aliphatic heterocycles. The number of carbonyl (C=O) groups excluding carboxylic acids is 1. The van der Waals surface area contributed by atoms with Crippen molar-refractivity contribution in [2.45, 2.75) is 32.7 Å². The van der Waals surface area contributed by atoms with Crippen LogP contribution in [0.4, 0.5) is 5.82 Å². The summed E-state index contributed by atoms with van der Waals surface area (Å²) in [6, 6.07) is 14.8. The summed E-state index contributed by atoms with van der Waals surface area (Å²) >= 11 is 0. The van der Waals surface area contributed by atoms with E-state index in [0.717, 1.165) is 59.9 Å². The van der Waals surface area contributed by atoms with Crippen LogP contribution in [0.25, 0.3) is 28.1 Å². The fourth-order valence-electron chi connectivity index (χ4n) is 4.32. The largest absolute Gasteiger partial charge is 0.356 e. The van der Waals surface area contributed by atoms with Crippen LogP contribution >= 0.6 is 0 Å². The van der Waals surface area contributed by atoms with Gasteiger partial charge in [-0.2, -0.15) is 0 Å². The minimum atomic E-state index is 0.0394. The third-order valence-electron chi connectivity index (χ3n) is 5.98. The minimum absolute atomic E-state index is 0.0394. The van der Waals surface area contributed by atoms with Gasteiger partial charge < -0.3 is 10.2 Å². The van der Waals surface area contributed by atoms with Gasteiger partial charge in [0, 0.05) is 49.7 Å². The second-order valence-electron chi connectivity index (χ2n) is 8.34. The first-order chi connectivity index (χ1) is 15.6. The molecule has 1 aliphatic rings. The fraction of sp³-hybridized carbons (Fsp3) is 0.280. The summed E-state index contributed by atoms with van der Waals surface area (Å²) in [4.78, 5) is 27.5. The molecule has 0 saturated carbocycles. The average molecular weight is 427 g/mol. The van der Waals surface area contributed by atoms with Crippen LogP contribution in [0.15, 0.2) is 61.1 Å². The van der Waals surface area contributed by atoms with Crippen molar-refractivity contribution in [1.29, 1.82) is 0 Å². The zero-order chi connectivity index (χ0) is 22.1. The van der Waals surface area contributed by atoms with E-state index in [4.69, 9.17) is 9.97 Å². The molecule has 0 aliphatic carbocycles. The van der Waals surface area contributed by atoms with E-state index in [1.165, 1.54) is 5.56 Å². The van der Waals surface area contributed by atoms with Crippen molar-refractivity contribution in [3.05, 3.63) is 66.6 Å². The standard InChI is InChI=1S/C25H26N6O/c1-17-3-6-21(7-4-17)31-23-16-26-12-9-22(23)29-25(31)19-5-8-24(27-15-19)30-13-10-20(11-14-30)28-18(2)32/h3-9,12,15-16,20H,10-11,13-14H2,1-2H3,(H,28,32). The van der Waals surface area contributed by atoms with Crippen LogP contribution < -0.4 is 10.2 Å². The lowest BCUT2D eigenvalue weighted by Gasteiger charge is -2.33. The van der Waals surface area contributed by atoms with Gasteiger partial charge in [-0.3, -0.25) is 14.3 Å². The zero-order valence-corrected chi connectivity index (χ0v) is 18.3. The molecule has 1 fully saturated rings. The van der Waals surface area contributed by atoms with Gasteiger partial charge in [0.2, 0.25) is 5.91 Å².